The van der Waals surface area contributed by atoms with Gasteiger partial charge in [0.25, 0.3) is 5.91 Å². The van der Waals surface area contributed by atoms with Gasteiger partial charge in [0.2, 0.25) is 0 Å². The second kappa shape index (κ2) is 9.00. The predicted octanol–water partition coefficient (Wildman–Crippen LogP) is 2.53. The number of carbonyl (C=O) groups excluding carboxylic acids is 1. The van der Waals surface area contributed by atoms with E-state index in [0.717, 1.165) is 51.4 Å². The van der Waals surface area contributed by atoms with Gasteiger partial charge in [0.1, 0.15) is 5.69 Å². The maximum Gasteiger partial charge on any atom is 0.269 e. The highest BCUT2D eigenvalue weighted by atomic mass is 16.5. The minimum Gasteiger partial charge on any atom is -0.379 e. The van der Waals surface area contributed by atoms with Crippen molar-refractivity contribution in [3.05, 3.63) is 17.5 Å². The molecule has 26 heavy (non-hydrogen) atoms. The molecule has 0 atom stereocenters. The Kier molecular flexibility index (Phi) is 6.70. The van der Waals surface area contributed by atoms with E-state index < -0.39 is 0 Å². The minimum atomic E-state index is -0.000709. The number of carbonyl (C=O) groups is 1. The minimum absolute atomic E-state index is 0.000709. The Balaban J connectivity index is 1.69. The van der Waals surface area contributed by atoms with Crippen LogP contribution in [0.25, 0.3) is 0 Å². The molecule has 1 N–H and O–H groups in total. The van der Waals surface area contributed by atoms with Crippen molar-refractivity contribution in [2.75, 3.05) is 32.8 Å². The first-order valence-corrected chi connectivity index (χ1v) is 10.3. The smallest absolute Gasteiger partial charge is 0.269 e. The Hall–Kier alpha value is -1.40. The molecule has 0 spiro atoms. The van der Waals surface area contributed by atoms with Crippen LogP contribution in [-0.2, 0) is 18.2 Å². The molecule has 0 radical (unpaired) electrons. The summed E-state index contributed by atoms with van der Waals surface area (Å²) in [5, 5.41) is 7.72. The summed E-state index contributed by atoms with van der Waals surface area (Å²) in [5.41, 5.74) is 1.75. The van der Waals surface area contributed by atoms with Gasteiger partial charge in [-0.3, -0.25) is 14.4 Å². The molecule has 6 heteroatoms. The van der Waals surface area contributed by atoms with Crippen molar-refractivity contribution in [1.29, 1.82) is 0 Å². The second-order valence-electron chi connectivity index (χ2n) is 7.82. The molecule has 1 amide bonds. The largest absolute Gasteiger partial charge is 0.379 e. The average molecular weight is 363 g/mol. The van der Waals surface area contributed by atoms with Crippen LogP contribution in [0.2, 0.25) is 0 Å². The van der Waals surface area contributed by atoms with Crippen molar-refractivity contribution < 1.29 is 9.53 Å². The lowest BCUT2D eigenvalue weighted by molar-refractivity contribution is -0.0281. The number of hydrogen-bond acceptors (Lipinski definition) is 4. The van der Waals surface area contributed by atoms with Crippen LogP contribution in [0.1, 0.15) is 68.1 Å². The number of aryl methyl sites for hydroxylation is 2. The lowest BCUT2D eigenvalue weighted by Crippen LogP contribution is -2.58. The summed E-state index contributed by atoms with van der Waals surface area (Å²) >= 11 is 0. The van der Waals surface area contributed by atoms with Crippen molar-refractivity contribution in [1.82, 2.24) is 20.0 Å². The van der Waals surface area contributed by atoms with Crippen LogP contribution in [0.5, 0.6) is 0 Å². The van der Waals surface area contributed by atoms with Gasteiger partial charge in [0.15, 0.2) is 0 Å². The van der Waals surface area contributed by atoms with E-state index in [1.54, 1.807) is 4.68 Å². The molecule has 1 aliphatic carbocycles. The van der Waals surface area contributed by atoms with Crippen LogP contribution in [0, 0.1) is 0 Å². The molecule has 1 aliphatic heterocycles. The first kappa shape index (κ1) is 19.4. The molecular formula is C20H34N4O2. The molecule has 2 fully saturated rings. The number of ether oxygens (including phenoxy) is 1. The standard InChI is InChI=1S/C20H34N4O2/c1-3-8-17-15-18(23(2)22-17)19(25)21-16-20(9-6-4-5-7-10-20)24-11-13-26-14-12-24/h15H,3-14,16H2,1-2H3,(H,21,25). The Morgan fingerprint density at radius 3 is 2.58 bits per heavy atom. The van der Waals surface area contributed by atoms with Crippen molar-refractivity contribution in [2.45, 2.75) is 63.8 Å². The van der Waals surface area contributed by atoms with E-state index in [9.17, 15) is 4.79 Å². The fraction of sp³-hybridized carbons (Fsp3) is 0.800. The average Bonchev–Trinajstić information content (AvgIpc) is 2.87. The molecule has 1 saturated heterocycles. The van der Waals surface area contributed by atoms with Gasteiger partial charge in [-0.1, -0.05) is 39.0 Å². The number of morpholine rings is 1. The molecule has 2 aliphatic rings. The highest BCUT2D eigenvalue weighted by molar-refractivity contribution is 5.92. The monoisotopic (exact) mass is 362 g/mol. The number of rotatable bonds is 6. The summed E-state index contributed by atoms with van der Waals surface area (Å²) in [6.07, 6.45) is 9.40. The van der Waals surface area contributed by atoms with E-state index in [-0.39, 0.29) is 11.4 Å². The van der Waals surface area contributed by atoms with Crippen LogP contribution in [0.3, 0.4) is 0 Å². The lowest BCUT2D eigenvalue weighted by atomic mass is 9.87. The third-order valence-electron chi connectivity index (χ3n) is 5.96. The van der Waals surface area contributed by atoms with Crippen molar-refractivity contribution in [3.8, 4) is 0 Å². The van der Waals surface area contributed by atoms with Gasteiger partial charge in [-0.25, -0.2) is 0 Å². The van der Waals surface area contributed by atoms with E-state index >= 15 is 0 Å². The Bertz CT molecular complexity index is 585. The van der Waals surface area contributed by atoms with Crippen LogP contribution in [0.15, 0.2) is 6.07 Å². The summed E-state index contributed by atoms with van der Waals surface area (Å²) in [4.78, 5) is 15.4. The Labute approximate surface area is 157 Å². The molecule has 0 unspecified atom stereocenters. The van der Waals surface area contributed by atoms with Crippen LogP contribution >= 0.6 is 0 Å². The Morgan fingerprint density at radius 2 is 1.92 bits per heavy atom. The van der Waals surface area contributed by atoms with Crippen LogP contribution in [0.4, 0.5) is 0 Å². The van der Waals surface area contributed by atoms with E-state index in [2.05, 4.69) is 22.2 Å². The van der Waals surface area contributed by atoms with Gasteiger partial charge in [-0.15, -0.1) is 0 Å². The molecule has 1 aromatic rings. The summed E-state index contributed by atoms with van der Waals surface area (Å²) in [5.74, 6) is -0.000709. The van der Waals surface area contributed by atoms with Crippen molar-refractivity contribution in [3.63, 3.8) is 0 Å². The highest BCUT2D eigenvalue weighted by Crippen LogP contribution is 2.33. The number of nitrogens with one attached hydrogen (secondary N) is 1. The molecule has 2 heterocycles. The normalized spacial score (nSPS) is 21.3. The van der Waals surface area contributed by atoms with Crippen molar-refractivity contribution in [2.24, 2.45) is 7.05 Å². The fourth-order valence-electron chi connectivity index (χ4n) is 4.48. The summed E-state index contributed by atoms with van der Waals surface area (Å²) < 4.78 is 7.28. The van der Waals surface area contributed by atoms with Gasteiger partial charge in [-0.2, -0.15) is 5.10 Å². The van der Waals surface area contributed by atoms with Gasteiger partial charge < -0.3 is 10.1 Å². The first-order chi connectivity index (χ1) is 12.6. The van der Waals surface area contributed by atoms with Gasteiger partial charge in [0.05, 0.1) is 18.9 Å². The topological polar surface area (TPSA) is 59.4 Å². The third kappa shape index (κ3) is 4.46. The Morgan fingerprint density at radius 1 is 1.23 bits per heavy atom. The van der Waals surface area contributed by atoms with Crippen LogP contribution in [-0.4, -0.2) is 59.0 Å². The lowest BCUT2D eigenvalue weighted by Gasteiger charge is -2.45. The molecule has 1 aromatic heterocycles. The number of amides is 1. The second-order valence-corrected chi connectivity index (χ2v) is 7.82. The molecule has 3 rings (SSSR count). The molecule has 146 valence electrons. The zero-order valence-corrected chi connectivity index (χ0v) is 16.4. The number of hydrogen-bond donors (Lipinski definition) is 1. The van der Waals surface area contributed by atoms with E-state index in [4.69, 9.17) is 4.74 Å². The zero-order valence-electron chi connectivity index (χ0n) is 16.4. The molecular weight excluding hydrogens is 328 g/mol. The zero-order chi connectivity index (χ0) is 18.4. The predicted molar refractivity (Wildman–Crippen MR) is 102 cm³/mol. The van der Waals surface area contributed by atoms with Crippen LogP contribution < -0.4 is 5.32 Å². The fourth-order valence-corrected chi connectivity index (χ4v) is 4.48. The summed E-state index contributed by atoms with van der Waals surface area (Å²) in [6, 6.07) is 1.94. The SMILES string of the molecule is CCCc1cc(C(=O)NCC2(N3CCOCC3)CCCCCC2)n(C)n1. The third-order valence-corrected chi connectivity index (χ3v) is 5.96. The molecule has 1 saturated carbocycles. The van der Waals surface area contributed by atoms with Gasteiger partial charge in [0, 0.05) is 32.2 Å². The first-order valence-electron chi connectivity index (χ1n) is 10.3. The van der Waals surface area contributed by atoms with Gasteiger partial charge >= 0.3 is 0 Å². The molecule has 0 aromatic carbocycles. The summed E-state index contributed by atoms with van der Waals surface area (Å²) in [7, 11) is 1.86. The maximum atomic E-state index is 12.8. The maximum absolute atomic E-state index is 12.8. The van der Waals surface area contributed by atoms with E-state index in [1.807, 2.05) is 13.1 Å². The molecule has 6 nitrogen and oxygen atoms in total. The number of aromatic nitrogens is 2. The van der Waals surface area contributed by atoms with E-state index in [1.165, 1.54) is 38.5 Å². The quantitative estimate of drug-likeness (QED) is 0.790. The summed E-state index contributed by atoms with van der Waals surface area (Å²) in [6.45, 7) is 6.41. The molecule has 0 bridgehead atoms. The van der Waals surface area contributed by atoms with Crippen molar-refractivity contribution >= 4 is 5.91 Å². The number of nitrogens with zero attached hydrogens (tertiary/aromatic N) is 3. The van der Waals surface area contributed by atoms with E-state index in [0.29, 0.717) is 5.69 Å². The highest BCUT2D eigenvalue weighted by Gasteiger charge is 2.38. The van der Waals surface area contributed by atoms with Gasteiger partial charge in [-0.05, 0) is 25.3 Å².